The summed E-state index contributed by atoms with van der Waals surface area (Å²) in [7, 11) is 0. The Kier molecular flexibility index (Phi) is 7.19. The van der Waals surface area contributed by atoms with Crippen molar-refractivity contribution in [3.63, 3.8) is 0 Å². The molecule has 0 saturated carbocycles. The molecule has 0 bridgehead atoms. The quantitative estimate of drug-likeness (QED) is 0.157. The first-order valence-corrected chi connectivity index (χ1v) is 11.0. The number of carbonyl (C=O) groups is 1. The molecule has 3 aromatic carbocycles. The minimum atomic E-state index is -0.461. The normalized spacial score (nSPS) is 11.1. The second-order valence-electron chi connectivity index (χ2n) is 7.79. The van der Waals surface area contributed by atoms with E-state index < -0.39 is 10.8 Å². The Morgan fingerprint density at radius 2 is 1.83 bits per heavy atom. The smallest absolute Gasteiger partial charge is 0.269 e. The lowest BCUT2D eigenvalue weighted by molar-refractivity contribution is -0.384. The van der Waals surface area contributed by atoms with Crippen LogP contribution in [0.5, 0.6) is 5.75 Å². The summed E-state index contributed by atoms with van der Waals surface area (Å²) in [6, 6.07) is 23.1. The van der Waals surface area contributed by atoms with E-state index in [0.717, 1.165) is 22.0 Å². The Hall–Kier alpha value is -4.90. The average molecular weight is 466 g/mol. The fourth-order valence-corrected chi connectivity index (χ4v) is 3.65. The molecule has 0 aliphatic carbocycles. The summed E-state index contributed by atoms with van der Waals surface area (Å²) < 4.78 is 5.86. The van der Waals surface area contributed by atoms with Crippen LogP contribution in [-0.4, -0.2) is 22.4 Å². The van der Waals surface area contributed by atoms with Gasteiger partial charge in [0.25, 0.3) is 11.6 Å². The predicted molar refractivity (Wildman–Crippen MR) is 132 cm³/mol. The minimum absolute atomic E-state index is 0.00597. The summed E-state index contributed by atoms with van der Waals surface area (Å²) in [5.74, 6) is 0.0303. The van der Waals surface area contributed by atoms with Gasteiger partial charge in [-0.2, -0.15) is 5.26 Å². The zero-order chi connectivity index (χ0) is 24.6. The van der Waals surface area contributed by atoms with Gasteiger partial charge in [0.15, 0.2) is 0 Å². The lowest BCUT2D eigenvalue weighted by Gasteiger charge is -2.10. The summed E-state index contributed by atoms with van der Waals surface area (Å²) in [5, 5.41) is 24.3. The van der Waals surface area contributed by atoms with Gasteiger partial charge in [0.1, 0.15) is 24.0 Å². The molecule has 0 spiro atoms. The Labute approximate surface area is 201 Å². The number of fused-ring (bicyclic) bond motifs is 1. The molecule has 1 amide bonds. The molecule has 0 unspecified atom stereocenters. The summed E-state index contributed by atoms with van der Waals surface area (Å²) in [4.78, 5) is 26.2. The second-order valence-corrected chi connectivity index (χ2v) is 7.79. The number of nitrogens with one attached hydrogen (secondary N) is 2. The molecule has 0 saturated heterocycles. The number of para-hydroxylation sites is 2. The number of hydrogen-bond acceptors (Lipinski definition) is 5. The number of amides is 1. The first-order valence-electron chi connectivity index (χ1n) is 11.0. The number of carbonyl (C=O) groups excluding carboxylic acids is 1. The van der Waals surface area contributed by atoms with Crippen molar-refractivity contribution in [2.45, 2.75) is 13.0 Å². The first kappa shape index (κ1) is 23.3. The van der Waals surface area contributed by atoms with Gasteiger partial charge in [-0.25, -0.2) is 0 Å². The number of nitriles is 1. The molecule has 0 radical (unpaired) electrons. The number of benzene rings is 3. The lowest BCUT2D eigenvalue weighted by Crippen LogP contribution is -2.26. The summed E-state index contributed by atoms with van der Waals surface area (Å²) in [5.41, 5.74) is 3.44. The van der Waals surface area contributed by atoms with E-state index in [-0.39, 0.29) is 17.9 Å². The molecule has 4 aromatic rings. The Balaban J connectivity index is 1.40. The highest BCUT2D eigenvalue weighted by molar-refractivity contribution is 6.02. The third-order valence-electron chi connectivity index (χ3n) is 5.48. The summed E-state index contributed by atoms with van der Waals surface area (Å²) in [6.45, 7) is 0.569. The van der Waals surface area contributed by atoms with Crippen molar-refractivity contribution < 1.29 is 14.5 Å². The standard InChI is InChI=1S/C27H22N4O4/c28-16-22(27(32)29-14-13-21-17-30-25-7-3-2-6-24(21)25)15-20-5-1-4-8-26(20)35-18-19-9-11-23(12-10-19)31(33)34/h1-12,15,17,30H,13-14,18H2,(H,29,32). The molecule has 174 valence electrons. The zero-order valence-corrected chi connectivity index (χ0v) is 18.7. The van der Waals surface area contributed by atoms with Crippen LogP contribution in [0.4, 0.5) is 5.69 Å². The molecule has 0 aliphatic rings. The van der Waals surface area contributed by atoms with Crippen LogP contribution in [0.25, 0.3) is 17.0 Å². The number of non-ortho nitro benzene ring substituents is 1. The van der Waals surface area contributed by atoms with Crippen molar-refractivity contribution >= 4 is 28.6 Å². The molecule has 4 rings (SSSR count). The summed E-state index contributed by atoms with van der Waals surface area (Å²) in [6.07, 6.45) is 4.05. The van der Waals surface area contributed by atoms with Crippen molar-refractivity contribution in [1.29, 1.82) is 5.26 Å². The van der Waals surface area contributed by atoms with E-state index in [4.69, 9.17) is 4.74 Å². The molecule has 0 aliphatic heterocycles. The average Bonchev–Trinajstić information content (AvgIpc) is 3.29. The number of hydrogen-bond donors (Lipinski definition) is 2. The Morgan fingerprint density at radius 1 is 1.09 bits per heavy atom. The number of aromatic amines is 1. The zero-order valence-electron chi connectivity index (χ0n) is 18.7. The summed E-state index contributed by atoms with van der Waals surface area (Å²) >= 11 is 0. The van der Waals surface area contributed by atoms with Crippen LogP contribution < -0.4 is 10.1 Å². The van der Waals surface area contributed by atoms with Crippen LogP contribution in [0.3, 0.4) is 0 Å². The fraction of sp³-hybridized carbons (Fsp3) is 0.111. The van der Waals surface area contributed by atoms with Gasteiger partial charge in [0, 0.05) is 41.3 Å². The van der Waals surface area contributed by atoms with E-state index in [1.807, 2.05) is 36.5 Å². The van der Waals surface area contributed by atoms with E-state index in [9.17, 15) is 20.2 Å². The Bertz CT molecular complexity index is 1430. The SMILES string of the molecule is N#CC(=Cc1ccccc1OCc1ccc([N+](=O)[O-])cc1)C(=O)NCCc1c[nH]c2ccccc12. The molecule has 35 heavy (non-hydrogen) atoms. The molecule has 0 atom stereocenters. The van der Waals surface area contributed by atoms with Crippen molar-refractivity contribution in [1.82, 2.24) is 10.3 Å². The minimum Gasteiger partial charge on any atom is -0.488 e. The van der Waals surface area contributed by atoms with Gasteiger partial charge >= 0.3 is 0 Å². The van der Waals surface area contributed by atoms with Crippen LogP contribution in [-0.2, 0) is 17.8 Å². The highest BCUT2D eigenvalue weighted by atomic mass is 16.6. The van der Waals surface area contributed by atoms with E-state index in [1.54, 1.807) is 36.4 Å². The third-order valence-corrected chi connectivity index (χ3v) is 5.48. The van der Waals surface area contributed by atoms with E-state index >= 15 is 0 Å². The van der Waals surface area contributed by atoms with Gasteiger partial charge in [0.05, 0.1) is 4.92 Å². The highest BCUT2D eigenvalue weighted by Gasteiger charge is 2.12. The van der Waals surface area contributed by atoms with E-state index in [1.165, 1.54) is 18.2 Å². The van der Waals surface area contributed by atoms with E-state index in [2.05, 4.69) is 10.3 Å². The largest absolute Gasteiger partial charge is 0.488 e. The van der Waals surface area contributed by atoms with Crippen molar-refractivity contribution in [3.05, 3.63) is 111 Å². The highest BCUT2D eigenvalue weighted by Crippen LogP contribution is 2.23. The van der Waals surface area contributed by atoms with Crippen LogP contribution in [0.1, 0.15) is 16.7 Å². The number of nitro groups is 1. The van der Waals surface area contributed by atoms with E-state index in [0.29, 0.717) is 24.3 Å². The third kappa shape index (κ3) is 5.72. The monoisotopic (exact) mass is 466 g/mol. The molecule has 8 nitrogen and oxygen atoms in total. The van der Waals surface area contributed by atoms with Gasteiger partial charge < -0.3 is 15.0 Å². The molecule has 1 heterocycles. The molecular formula is C27H22N4O4. The fourth-order valence-electron chi connectivity index (χ4n) is 3.65. The maximum atomic E-state index is 12.6. The molecule has 0 fully saturated rings. The topological polar surface area (TPSA) is 121 Å². The number of nitrogens with zero attached hydrogens (tertiary/aromatic N) is 2. The van der Waals surface area contributed by atoms with Crippen molar-refractivity contribution in [2.75, 3.05) is 6.54 Å². The number of rotatable bonds is 9. The van der Waals surface area contributed by atoms with Gasteiger partial charge in [-0.3, -0.25) is 14.9 Å². The van der Waals surface area contributed by atoms with Gasteiger partial charge in [-0.1, -0.05) is 36.4 Å². The number of aromatic nitrogens is 1. The molecule has 8 heteroatoms. The molecule has 2 N–H and O–H groups in total. The van der Waals surface area contributed by atoms with Crippen LogP contribution >= 0.6 is 0 Å². The first-order chi connectivity index (χ1) is 17.0. The number of nitro benzene ring substituents is 1. The molecule has 1 aromatic heterocycles. The van der Waals surface area contributed by atoms with Gasteiger partial charge in [0.2, 0.25) is 0 Å². The number of ether oxygens (including phenoxy) is 1. The van der Waals surface area contributed by atoms with Gasteiger partial charge in [-0.15, -0.1) is 0 Å². The molecular weight excluding hydrogens is 444 g/mol. The predicted octanol–water partition coefficient (Wildman–Crippen LogP) is 4.92. The van der Waals surface area contributed by atoms with Crippen LogP contribution in [0, 0.1) is 21.4 Å². The maximum absolute atomic E-state index is 12.6. The lowest BCUT2D eigenvalue weighted by atomic mass is 10.1. The second kappa shape index (κ2) is 10.8. The van der Waals surface area contributed by atoms with Gasteiger partial charge in [-0.05, 0) is 47.9 Å². The Morgan fingerprint density at radius 3 is 2.60 bits per heavy atom. The van der Waals surface area contributed by atoms with Crippen LogP contribution in [0.15, 0.2) is 84.6 Å². The maximum Gasteiger partial charge on any atom is 0.269 e. The number of H-pyrrole nitrogens is 1. The van der Waals surface area contributed by atoms with Crippen LogP contribution in [0.2, 0.25) is 0 Å². The van der Waals surface area contributed by atoms with Crippen molar-refractivity contribution in [3.8, 4) is 11.8 Å². The van der Waals surface area contributed by atoms with Crippen molar-refractivity contribution in [2.24, 2.45) is 0 Å².